The molecule has 2 unspecified atom stereocenters. The number of carbonyl (C=O) groups is 1. The summed E-state index contributed by atoms with van der Waals surface area (Å²) in [5, 5.41) is 4.36. The SMILES string of the molecule is CC1CSC(=NCCCC(N)=O)NC1C. The van der Waals surface area contributed by atoms with Crippen molar-refractivity contribution in [3.63, 3.8) is 0 Å². The summed E-state index contributed by atoms with van der Waals surface area (Å²) < 4.78 is 0. The van der Waals surface area contributed by atoms with E-state index in [4.69, 9.17) is 5.73 Å². The Kier molecular flexibility index (Phi) is 4.94. The van der Waals surface area contributed by atoms with Gasteiger partial charge in [0, 0.05) is 24.8 Å². The number of amides is 1. The van der Waals surface area contributed by atoms with Gasteiger partial charge in [-0.15, -0.1) is 0 Å². The second kappa shape index (κ2) is 6.00. The maximum atomic E-state index is 10.5. The summed E-state index contributed by atoms with van der Waals surface area (Å²) in [6.07, 6.45) is 1.17. The highest BCUT2D eigenvalue weighted by Gasteiger charge is 2.20. The van der Waals surface area contributed by atoms with Crippen molar-refractivity contribution < 1.29 is 4.79 Å². The van der Waals surface area contributed by atoms with Gasteiger partial charge in [0.25, 0.3) is 0 Å². The Hall–Kier alpha value is -0.710. The van der Waals surface area contributed by atoms with Gasteiger partial charge in [-0.3, -0.25) is 9.79 Å². The van der Waals surface area contributed by atoms with Crippen LogP contribution >= 0.6 is 11.8 Å². The molecule has 0 saturated carbocycles. The Morgan fingerprint density at radius 2 is 2.40 bits per heavy atom. The highest BCUT2D eigenvalue weighted by atomic mass is 32.2. The molecule has 0 aromatic heterocycles. The van der Waals surface area contributed by atoms with Crippen molar-refractivity contribution in [2.75, 3.05) is 12.3 Å². The number of hydrogen-bond acceptors (Lipinski definition) is 3. The van der Waals surface area contributed by atoms with Crippen molar-refractivity contribution in [1.82, 2.24) is 5.32 Å². The molecule has 4 nitrogen and oxygen atoms in total. The molecule has 1 saturated heterocycles. The predicted octanol–water partition coefficient (Wildman–Crippen LogP) is 0.969. The first-order valence-electron chi connectivity index (χ1n) is 5.31. The summed E-state index contributed by atoms with van der Waals surface area (Å²) in [7, 11) is 0. The van der Waals surface area contributed by atoms with Crippen LogP contribution in [0.3, 0.4) is 0 Å². The Morgan fingerprint density at radius 1 is 1.67 bits per heavy atom. The molecule has 1 rings (SSSR count). The van der Waals surface area contributed by atoms with Crippen molar-refractivity contribution in [1.29, 1.82) is 0 Å². The number of aliphatic imine (C=N–C) groups is 1. The lowest BCUT2D eigenvalue weighted by atomic mass is 10.1. The minimum Gasteiger partial charge on any atom is -0.370 e. The van der Waals surface area contributed by atoms with Crippen LogP contribution in [0.2, 0.25) is 0 Å². The molecule has 0 aliphatic carbocycles. The van der Waals surface area contributed by atoms with E-state index in [-0.39, 0.29) is 5.91 Å². The van der Waals surface area contributed by atoms with Crippen molar-refractivity contribution in [3.05, 3.63) is 0 Å². The monoisotopic (exact) mass is 229 g/mol. The van der Waals surface area contributed by atoms with Crippen molar-refractivity contribution in [2.45, 2.75) is 32.7 Å². The third-order valence-electron chi connectivity index (χ3n) is 2.52. The quantitative estimate of drug-likeness (QED) is 0.706. The first kappa shape index (κ1) is 12.4. The van der Waals surface area contributed by atoms with Crippen LogP contribution in [-0.2, 0) is 4.79 Å². The van der Waals surface area contributed by atoms with E-state index in [1.807, 2.05) is 0 Å². The van der Waals surface area contributed by atoms with Gasteiger partial charge in [-0.1, -0.05) is 18.7 Å². The Bertz CT molecular complexity index is 255. The standard InChI is InChI=1S/C10H19N3OS/c1-7-6-15-10(13-8(7)2)12-5-3-4-9(11)14/h7-8H,3-6H2,1-2H3,(H2,11,14)(H,12,13). The molecule has 0 radical (unpaired) electrons. The van der Waals surface area contributed by atoms with E-state index >= 15 is 0 Å². The fourth-order valence-electron chi connectivity index (χ4n) is 1.26. The van der Waals surface area contributed by atoms with Gasteiger partial charge in [-0.05, 0) is 19.3 Å². The molecular formula is C10H19N3OS. The number of primary amides is 1. The molecule has 1 aliphatic heterocycles. The Labute approximate surface area is 95.1 Å². The number of nitrogens with zero attached hydrogens (tertiary/aromatic N) is 1. The van der Waals surface area contributed by atoms with Gasteiger partial charge in [0.2, 0.25) is 5.91 Å². The molecule has 0 spiro atoms. The number of hydrogen-bond donors (Lipinski definition) is 2. The van der Waals surface area contributed by atoms with Crippen LogP contribution in [0.15, 0.2) is 4.99 Å². The van der Waals surface area contributed by atoms with E-state index in [2.05, 4.69) is 24.2 Å². The number of carbonyl (C=O) groups excluding carboxylic acids is 1. The molecule has 1 fully saturated rings. The number of nitrogens with one attached hydrogen (secondary N) is 1. The third-order valence-corrected chi connectivity index (χ3v) is 3.74. The molecule has 1 heterocycles. The molecule has 0 aromatic carbocycles. The first-order valence-corrected chi connectivity index (χ1v) is 6.30. The highest BCUT2D eigenvalue weighted by molar-refractivity contribution is 8.13. The average molecular weight is 229 g/mol. The molecule has 86 valence electrons. The van der Waals surface area contributed by atoms with Crippen molar-refractivity contribution >= 4 is 22.8 Å². The number of amidine groups is 1. The molecule has 0 bridgehead atoms. The smallest absolute Gasteiger partial charge is 0.217 e. The van der Waals surface area contributed by atoms with Gasteiger partial charge in [0.05, 0.1) is 0 Å². The average Bonchev–Trinajstić information content (AvgIpc) is 2.18. The number of nitrogens with two attached hydrogens (primary N) is 1. The number of thioether (sulfide) groups is 1. The van der Waals surface area contributed by atoms with E-state index in [0.717, 1.165) is 17.3 Å². The van der Waals surface area contributed by atoms with Crippen LogP contribution < -0.4 is 11.1 Å². The Morgan fingerprint density at radius 3 is 3.00 bits per heavy atom. The molecule has 1 amide bonds. The van der Waals surface area contributed by atoms with Crippen LogP contribution in [0.5, 0.6) is 0 Å². The van der Waals surface area contributed by atoms with Gasteiger partial charge in [0.15, 0.2) is 5.17 Å². The lowest BCUT2D eigenvalue weighted by Gasteiger charge is -2.28. The molecule has 2 atom stereocenters. The van der Waals surface area contributed by atoms with Crippen LogP contribution in [0.4, 0.5) is 0 Å². The van der Waals surface area contributed by atoms with Gasteiger partial charge >= 0.3 is 0 Å². The molecule has 15 heavy (non-hydrogen) atoms. The normalized spacial score (nSPS) is 28.8. The maximum Gasteiger partial charge on any atom is 0.217 e. The molecule has 3 N–H and O–H groups in total. The second-order valence-electron chi connectivity index (χ2n) is 3.98. The molecule has 1 aliphatic rings. The Balaban J connectivity index is 2.25. The fourth-order valence-corrected chi connectivity index (χ4v) is 2.42. The molecular weight excluding hydrogens is 210 g/mol. The summed E-state index contributed by atoms with van der Waals surface area (Å²) in [4.78, 5) is 14.9. The van der Waals surface area contributed by atoms with Crippen LogP contribution in [0.1, 0.15) is 26.7 Å². The van der Waals surface area contributed by atoms with Gasteiger partial charge in [0.1, 0.15) is 0 Å². The van der Waals surface area contributed by atoms with Gasteiger partial charge in [-0.2, -0.15) is 0 Å². The van der Waals surface area contributed by atoms with E-state index in [1.165, 1.54) is 0 Å². The van der Waals surface area contributed by atoms with Crippen molar-refractivity contribution in [2.24, 2.45) is 16.6 Å². The third kappa shape index (κ3) is 4.55. The summed E-state index contributed by atoms with van der Waals surface area (Å²) in [5.74, 6) is 1.55. The van der Waals surface area contributed by atoms with Crippen molar-refractivity contribution in [3.8, 4) is 0 Å². The second-order valence-corrected chi connectivity index (χ2v) is 4.99. The zero-order valence-corrected chi connectivity index (χ0v) is 10.1. The summed E-state index contributed by atoms with van der Waals surface area (Å²) in [5.41, 5.74) is 5.04. The minimum absolute atomic E-state index is 0.249. The molecule has 0 aromatic rings. The zero-order chi connectivity index (χ0) is 11.3. The van der Waals surface area contributed by atoms with Gasteiger partial charge in [-0.25, -0.2) is 0 Å². The largest absolute Gasteiger partial charge is 0.370 e. The number of rotatable bonds is 4. The zero-order valence-electron chi connectivity index (χ0n) is 9.32. The first-order chi connectivity index (χ1) is 7.09. The van der Waals surface area contributed by atoms with E-state index in [0.29, 0.717) is 24.9 Å². The van der Waals surface area contributed by atoms with Gasteiger partial charge < -0.3 is 11.1 Å². The maximum absolute atomic E-state index is 10.5. The summed E-state index contributed by atoms with van der Waals surface area (Å²) >= 11 is 1.76. The predicted molar refractivity (Wildman–Crippen MR) is 65.0 cm³/mol. The van der Waals surface area contributed by atoms with E-state index in [1.54, 1.807) is 11.8 Å². The van der Waals surface area contributed by atoms with Crippen LogP contribution in [0, 0.1) is 5.92 Å². The van der Waals surface area contributed by atoms with Crippen LogP contribution in [0.25, 0.3) is 0 Å². The fraction of sp³-hybridized carbons (Fsp3) is 0.800. The lowest BCUT2D eigenvalue weighted by molar-refractivity contribution is -0.118. The lowest BCUT2D eigenvalue weighted by Crippen LogP contribution is -2.41. The topological polar surface area (TPSA) is 67.5 Å². The summed E-state index contributed by atoms with van der Waals surface area (Å²) in [6.45, 7) is 5.08. The van der Waals surface area contributed by atoms with Crippen LogP contribution in [-0.4, -0.2) is 29.4 Å². The minimum atomic E-state index is -0.249. The molecule has 5 heteroatoms. The van der Waals surface area contributed by atoms with E-state index < -0.39 is 0 Å². The van der Waals surface area contributed by atoms with E-state index in [9.17, 15) is 4.79 Å². The highest BCUT2D eigenvalue weighted by Crippen LogP contribution is 2.19. The summed E-state index contributed by atoms with van der Waals surface area (Å²) in [6, 6.07) is 0.487.